The first-order valence-electron chi connectivity index (χ1n) is 7.59. The molecule has 5 nitrogen and oxygen atoms in total. The molecule has 1 heterocycles. The molecule has 118 valence electrons. The molecule has 1 aromatic carbocycles. The lowest BCUT2D eigenvalue weighted by atomic mass is 10.2. The Kier molecular flexibility index (Phi) is 6.26. The third-order valence-corrected chi connectivity index (χ3v) is 3.86. The van der Waals surface area contributed by atoms with Crippen LogP contribution in [0.2, 0.25) is 0 Å². The summed E-state index contributed by atoms with van der Waals surface area (Å²) in [5.74, 6) is 2.73. The van der Waals surface area contributed by atoms with Crippen molar-refractivity contribution in [3.63, 3.8) is 0 Å². The second-order valence-corrected chi connectivity index (χ2v) is 5.34. The van der Waals surface area contributed by atoms with Gasteiger partial charge in [0.2, 0.25) is 5.91 Å². The second-order valence-electron chi connectivity index (χ2n) is 5.34. The molecule has 0 aromatic heterocycles. The van der Waals surface area contributed by atoms with E-state index in [2.05, 4.69) is 10.8 Å². The third-order valence-electron chi connectivity index (χ3n) is 3.86. The zero-order valence-corrected chi connectivity index (χ0v) is 12.8. The molecule has 0 saturated carbocycles. The standard InChI is InChI=1S/C17H23N3O2/c1-2-8-18-9-11-19(12-10-18)17(22)15-20(13-14-21)16-6-4-3-5-7-16/h1,3-7,21H,8-15H2. The van der Waals surface area contributed by atoms with Crippen LogP contribution in [0.5, 0.6) is 0 Å². The minimum absolute atomic E-state index is 0.0259. The molecule has 1 amide bonds. The minimum Gasteiger partial charge on any atom is -0.395 e. The molecule has 0 atom stereocenters. The van der Waals surface area contributed by atoms with E-state index in [0.717, 1.165) is 18.8 Å². The number of aliphatic hydroxyl groups is 1. The molecule has 22 heavy (non-hydrogen) atoms. The van der Waals surface area contributed by atoms with E-state index in [4.69, 9.17) is 6.42 Å². The van der Waals surface area contributed by atoms with Crippen LogP contribution in [0.15, 0.2) is 30.3 Å². The highest BCUT2D eigenvalue weighted by Gasteiger charge is 2.22. The highest BCUT2D eigenvalue weighted by molar-refractivity contribution is 5.81. The lowest BCUT2D eigenvalue weighted by Crippen LogP contribution is -2.51. The summed E-state index contributed by atoms with van der Waals surface area (Å²) < 4.78 is 0. The van der Waals surface area contributed by atoms with E-state index in [-0.39, 0.29) is 12.5 Å². The number of anilines is 1. The number of benzene rings is 1. The van der Waals surface area contributed by atoms with Crippen LogP contribution in [-0.4, -0.2) is 73.2 Å². The van der Waals surface area contributed by atoms with E-state index in [9.17, 15) is 9.90 Å². The highest BCUT2D eigenvalue weighted by Crippen LogP contribution is 2.13. The van der Waals surface area contributed by atoms with Gasteiger partial charge in [-0.3, -0.25) is 9.69 Å². The number of carbonyl (C=O) groups excluding carboxylic acids is 1. The fourth-order valence-electron chi connectivity index (χ4n) is 2.61. The van der Waals surface area contributed by atoms with Gasteiger partial charge in [0.1, 0.15) is 0 Å². The minimum atomic E-state index is 0.0259. The van der Waals surface area contributed by atoms with Crippen molar-refractivity contribution >= 4 is 11.6 Å². The fourth-order valence-corrected chi connectivity index (χ4v) is 2.61. The summed E-state index contributed by atoms with van der Waals surface area (Å²) in [7, 11) is 0. The van der Waals surface area contributed by atoms with Crippen LogP contribution in [0.1, 0.15) is 0 Å². The molecule has 1 aliphatic heterocycles. The number of rotatable bonds is 6. The second kappa shape index (κ2) is 8.42. The molecule has 0 radical (unpaired) electrons. The number of hydrogen-bond donors (Lipinski definition) is 1. The molecule has 2 rings (SSSR count). The van der Waals surface area contributed by atoms with Crippen LogP contribution in [-0.2, 0) is 4.79 Å². The van der Waals surface area contributed by atoms with Crippen LogP contribution < -0.4 is 4.90 Å². The average molecular weight is 301 g/mol. The van der Waals surface area contributed by atoms with Crippen molar-refractivity contribution in [2.24, 2.45) is 0 Å². The fraction of sp³-hybridized carbons (Fsp3) is 0.471. The number of aliphatic hydroxyl groups excluding tert-OH is 1. The maximum Gasteiger partial charge on any atom is 0.242 e. The molecule has 1 fully saturated rings. The van der Waals surface area contributed by atoms with Gasteiger partial charge in [0, 0.05) is 38.4 Å². The van der Waals surface area contributed by atoms with Gasteiger partial charge in [-0.15, -0.1) is 6.42 Å². The maximum atomic E-state index is 12.5. The molecular weight excluding hydrogens is 278 g/mol. The summed E-state index contributed by atoms with van der Waals surface area (Å²) in [6.45, 7) is 4.47. The molecule has 0 unspecified atom stereocenters. The number of piperazine rings is 1. The predicted octanol–water partition coefficient (Wildman–Crippen LogP) is 0.263. The Morgan fingerprint density at radius 1 is 1.23 bits per heavy atom. The lowest BCUT2D eigenvalue weighted by Gasteiger charge is -2.35. The van der Waals surface area contributed by atoms with E-state index < -0.39 is 0 Å². The summed E-state index contributed by atoms with van der Waals surface area (Å²) in [6.07, 6.45) is 5.31. The van der Waals surface area contributed by atoms with E-state index in [0.29, 0.717) is 32.7 Å². The van der Waals surface area contributed by atoms with Gasteiger partial charge >= 0.3 is 0 Å². The first kappa shape index (κ1) is 16.3. The molecule has 0 aliphatic carbocycles. The van der Waals surface area contributed by atoms with Gasteiger partial charge in [-0.2, -0.15) is 0 Å². The number of para-hydroxylation sites is 1. The summed E-state index contributed by atoms with van der Waals surface area (Å²) in [5.41, 5.74) is 0.955. The zero-order chi connectivity index (χ0) is 15.8. The Labute approximate surface area is 132 Å². The lowest BCUT2D eigenvalue weighted by molar-refractivity contribution is -0.131. The van der Waals surface area contributed by atoms with Crippen LogP contribution >= 0.6 is 0 Å². The van der Waals surface area contributed by atoms with Crippen molar-refractivity contribution in [3.05, 3.63) is 30.3 Å². The topological polar surface area (TPSA) is 47.0 Å². The largest absolute Gasteiger partial charge is 0.395 e. The van der Waals surface area contributed by atoms with Gasteiger partial charge in [-0.25, -0.2) is 0 Å². The van der Waals surface area contributed by atoms with Crippen molar-refractivity contribution < 1.29 is 9.90 Å². The molecular formula is C17H23N3O2. The molecule has 1 aliphatic rings. The highest BCUT2D eigenvalue weighted by atomic mass is 16.3. The predicted molar refractivity (Wildman–Crippen MR) is 87.6 cm³/mol. The van der Waals surface area contributed by atoms with E-state index in [1.165, 1.54) is 0 Å². The molecule has 1 aromatic rings. The number of hydrogen-bond acceptors (Lipinski definition) is 4. The van der Waals surface area contributed by atoms with Crippen molar-refractivity contribution in [2.45, 2.75) is 0 Å². The first-order chi connectivity index (χ1) is 10.7. The van der Waals surface area contributed by atoms with Crippen LogP contribution in [0.4, 0.5) is 5.69 Å². The molecule has 5 heteroatoms. The number of amides is 1. The normalized spacial score (nSPS) is 15.4. The van der Waals surface area contributed by atoms with Gasteiger partial charge in [-0.05, 0) is 12.1 Å². The Hall–Kier alpha value is -2.03. The van der Waals surface area contributed by atoms with Crippen molar-refractivity contribution in [1.29, 1.82) is 0 Å². The zero-order valence-electron chi connectivity index (χ0n) is 12.8. The number of nitrogens with zero attached hydrogens (tertiary/aromatic N) is 3. The summed E-state index contributed by atoms with van der Waals surface area (Å²) in [5, 5.41) is 9.22. The third kappa shape index (κ3) is 4.48. The first-order valence-corrected chi connectivity index (χ1v) is 7.59. The summed E-state index contributed by atoms with van der Waals surface area (Å²) in [6, 6.07) is 9.71. The molecule has 0 bridgehead atoms. The van der Waals surface area contributed by atoms with Crippen LogP contribution in [0, 0.1) is 12.3 Å². The summed E-state index contributed by atoms with van der Waals surface area (Å²) in [4.78, 5) is 18.4. The van der Waals surface area contributed by atoms with Gasteiger partial charge in [0.25, 0.3) is 0 Å². The van der Waals surface area contributed by atoms with E-state index >= 15 is 0 Å². The number of carbonyl (C=O) groups is 1. The van der Waals surface area contributed by atoms with Crippen LogP contribution in [0.3, 0.4) is 0 Å². The van der Waals surface area contributed by atoms with Crippen molar-refractivity contribution in [3.8, 4) is 12.3 Å². The Balaban J connectivity index is 1.91. The average Bonchev–Trinajstić information content (AvgIpc) is 2.56. The summed E-state index contributed by atoms with van der Waals surface area (Å²) >= 11 is 0. The van der Waals surface area contributed by atoms with Gasteiger partial charge in [-0.1, -0.05) is 24.1 Å². The smallest absolute Gasteiger partial charge is 0.242 e. The Morgan fingerprint density at radius 2 is 1.91 bits per heavy atom. The van der Waals surface area contributed by atoms with Crippen molar-refractivity contribution in [1.82, 2.24) is 9.80 Å². The monoisotopic (exact) mass is 301 g/mol. The maximum absolute atomic E-state index is 12.5. The quantitative estimate of drug-likeness (QED) is 0.766. The molecule has 1 N–H and O–H groups in total. The van der Waals surface area contributed by atoms with Gasteiger partial charge in [0.05, 0.1) is 19.7 Å². The Bertz CT molecular complexity index is 504. The molecule has 1 saturated heterocycles. The molecule has 0 spiro atoms. The van der Waals surface area contributed by atoms with Crippen LogP contribution in [0.25, 0.3) is 0 Å². The van der Waals surface area contributed by atoms with E-state index in [1.807, 2.05) is 40.1 Å². The van der Waals surface area contributed by atoms with Crippen molar-refractivity contribution in [2.75, 3.05) is 57.3 Å². The SMILES string of the molecule is C#CCN1CCN(C(=O)CN(CCO)c2ccccc2)CC1. The Morgan fingerprint density at radius 3 is 2.50 bits per heavy atom. The van der Waals surface area contributed by atoms with E-state index in [1.54, 1.807) is 0 Å². The number of terminal acetylenes is 1. The van der Waals surface area contributed by atoms with Gasteiger partial charge < -0.3 is 14.9 Å². The van der Waals surface area contributed by atoms with Gasteiger partial charge in [0.15, 0.2) is 0 Å².